The number of hydrogen-bond acceptors (Lipinski definition) is 4. The highest BCUT2D eigenvalue weighted by Crippen LogP contribution is 2.25. The smallest absolute Gasteiger partial charge is 0.244 e. The van der Waals surface area contributed by atoms with E-state index in [1.165, 1.54) is 32.3 Å². The highest BCUT2D eigenvalue weighted by molar-refractivity contribution is 7.89. The van der Waals surface area contributed by atoms with Crippen LogP contribution in [0.5, 0.6) is 0 Å². The number of thiocarbonyl (C=S) groups is 1. The van der Waals surface area contributed by atoms with Crippen molar-refractivity contribution in [3.05, 3.63) is 28.8 Å². The van der Waals surface area contributed by atoms with Crippen LogP contribution in [0.15, 0.2) is 23.1 Å². The maximum Gasteiger partial charge on any atom is 0.244 e. The molecule has 1 amide bonds. The Hall–Kier alpha value is -1.22. The molecule has 0 saturated heterocycles. The summed E-state index contributed by atoms with van der Waals surface area (Å²) in [5.41, 5.74) is 5.86. The molecule has 6 nitrogen and oxygen atoms in total. The molecule has 9 heteroatoms. The van der Waals surface area contributed by atoms with E-state index in [1.54, 1.807) is 0 Å². The van der Waals surface area contributed by atoms with Crippen molar-refractivity contribution in [3.8, 4) is 0 Å². The molecule has 20 heavy (non-hydrogen) atoms. The molecular formula is C11H14ClN3O3S2. The molecule has 1 aromatic carbocycles. The lowest BCUT2D eigenvalue weighted by molar-refractivity contribution is -0.120. The molecule has 0 atom stereocenters. The van der Waals surface area contributed by atoms with E-state index in [1.807, 2.05) is 0 Å². The number of benzene rings is 1. The van der Waals surface area contributed by atoms with Gasteiger partial charge in [-0.05, 0) is 12.1 Å². The van der Waals surface area contributed by atoms with Crippen LogP contribution in [0.2, 0.25) is 5.02 Å². The molecule has 0 fully saturated rings. The summed E-state index contributed by atoms with van der Waals surface area (Å²) in [5.74, 6) is -0.433. The second-order valence-electron chi connectivity index (χ2n) is 3.94. The molecule has 3 N–H and O–H groups in total. The van der Waals surface area contributed by atoms with Crippen molar-refractivity contribution in [1.82, 2.24) is 9.62 Å². The van der Waals surface area contributed by atoms with Gasteiger partial charge in [0.05, 0.1) is 11.6 Å². The third kappa shape index (κ3) is 3.66. The van der Waals surface area contributed by atoms with E-state index in [2.05, 4.69) is 5.32 Å². The number of halogens is 1. The minimum absolute atomic E-state index is 0.0359. The summed E-state index contributed by atoms with van der Waals surface area (Å²) >= 11 is 10.7. The van der Waals surface area contributed by atoms with Crippen LogP contribution < -0.4 is 11.1 Å². The molecule has 1 rings (SSSR count). The summed E-state index contributed by atoms with van der Waals surface area (Å²) in [6, 6.07) is 4.22. The average molecular weight is 336 g/mol. The fraction of sp³-hybridized carbons (Fsp3) is 0.273. The van der Waals surface area contributed by atoms with Crippen LogP contribution >= 0.6 is 23.8 Å². The van der Waals surface area contributed by atoms with Crippen LogP contribution in [0.4, 0.5) is 0 Å². The summed E-state index contributed by atoms with van der Waals surface area (Å²) in [5, 5.41) is 2.38. The Labute approximate surface area is 127 Å². The summed E-state index contributed by atoms with van der Waals surface area (Å²) in [6.45, 7) is -0.313. The van der Waals surface area contributed by atoms with Crippen molar-refractivity contribution < 1.29 is 13.2 Å². The van der Waals surface area contributed by atoms with Gasteiger partial charge in [-0.25, -0.2) is 8.42 Å². The van der Waals surface area contributed by atoms with Crippen LogP contribution in [0, 0.1) is 0 Å². The van der Waals surface area contributed by atoms with Crippen molar-refractivity contribution in [2.75, 3.05) is 20.6 Å². The standard InChI is InChI=1S/C11H14ClN3O3S2/c1-14-10(16)6-15(2)20(17,18)9-5-7(11(13)19)3-4-8(9)12/h3-5H,6H2,1-2H3,(H2,13,19)(H,14,16). The van der Waals surface area contributed by atoms with E-state index in [4.69, 9.17) is 29.6 Å². The molecule has 0 aliphatic heterocycles. The van der Waals surface area contributed by atoms with Gasteiger partial charge in [0.15, 0.2) is 0 Å². The Morgan fingerprint density at radius 1 is 1.50 bits per heavy atom. The summed E-state index contributed by atoms with van der Waals surface area (Å²) in [4.78, 5) is 11.2. The van der Waals surface area contributed by atoms with Crippen molar-refractivity contribution >= 4 is 44.7 Å². The van der Waals surface area contributed by atoms with Gasteiger partial charge in [-0.15, -0.1) is 0 Å². The van der Waals surface area contributed by atoms with Gasteiger partial charge >= 0.3 is 0 Å². The molecule has 110 valence electrons. The largest absolute Gasteiger partial charge is 0.389 e. The number of likely N-dealkylation sites (N-methyl/N-ethyl adjacent to an activating group) is 2. The number of amides is 1. The van der Waals surface area contributed by atoms with Crippen LogP contribution in [-0.2, 0) is 14.8 Å². The molecule has 0 saturated carbocycles. The predicted octanol–water partition coefficient (Wildman–Crippen LogP) is 0.341. The van der Waals surface area contributed by atoms with Crippen molar-refractivity contribution in [3.63, 3.8) is 0 Å². The number of carbonyl (C=O) groups excluding carboxylic acids is 1. The molecule has 0 aliphatic rings. The molecule has 0 unspecified atom stereocenters. The predicted molar refractivity (Wildman–Crippen MR) is 81.2 cm³/mol. The molecule has 1 aromatic rings. The first-order valence-electron chi connectivity index (χ1n) is 5.46. The van der Waals surface area contributed by atoms with E-state index in [0.717, 1.165) is 4.31 Å². The maximum atomic E-state index is 12.4. The first-order valence-corrected chi connectivity index (χ1v) is 7.69. The van der Waals surface area contributed by atoms with Crippen LogP contribution in [0.3, 0.4) is 0 Å². The van der Waals surface area contributed by atoms with Gasteiger partial charge in [-0.1, -0.05) is 29.9 Å². The van der Waals surface area contributed by atoms with Crippen LogP contribution in [-0.4, -0.2) is 44.3 Å². The molecule has 0 heterocycles. The Bertz CT molecular complexity index is 646. The number of nitrogens with two attached hydrogens (primary N) is 1. The van der Waals surface area contributed by atoms with Crippen molar-refractivity contribution in [2.45, 2.75) is 4.90 Å². The zero-order valence-electron chi connectivity index (χ0n) is 10.9. The molecular weight excluding hydrogens is 322 g/mol. The zero-order valence-corrected chi connectivity index (χ0v) is 13.3. The Balaban J connectivity index is 3.24. The van der Waals surface area contributed by atoms with Gasteiger partial charge in [0.1, 0.15) is 9.88 Å². The zero-order chi connectivity index (χ0) is 15.5. The first-order chi connectivity index (χ1) is 9.20. The normalized spacial score (nSPS) is 11.4. The van der Waals surface area contributed by atoms with E-state index in [-0.39, 0.29) is 21.5 Å². The number of carbonyl (C=O) groups is 1. The van der Waals surface area contributed by atoms with Gasteiger partial charge in [0, 0.05) is 19.7 Å². The minimum atomic E-state index is -3.91. The molecule has 0 bridgehead atoms. The fourth-order valence-electron chi connectivity index (χ4n) is 1.39. The quantitative estimate of drug-likeness (QED) is 0.757. The number of sulfonamides is 1. The number of hydrogen-bond donors (Lipinski definition) is 2. The third-order valence-electron chi connectivity index (χ3n) is 2.55. The van der Waals surface area contributed by atoms with Gasteiger partial charge in [0.25, 0.3) is 0 Å². The van der Waals surface area contributed by atoms with E-state index >= 15 is 0 Å². The molecule has 0 radical (unpaired) electrons. The van der Waals surface area contributed by atoms with E-state index in [0.29, 0.717) is 5.56 Å². The third-order valence-corrected chi connectivity index (χ3v) is 5.07. The topological polar surface area (TPSA) is 92.5 Å². The average Bonchev–Trinajstić information content (AvgIpc) is 2.38. The van der Waals surface area contributed by atoms with Gasteiger partial charge in [0.2, 0.25) is 15.9 Å². The monoisotopic (exact) mass is 335 g/mol. The summed E-state index contributed by atoms with van der Waals surface area (Å²) < 4.78 is 25.6. The number of nitrogens with one attached hydrogen (secondary N) is 1. The Morgan fingerprint density at radius 3 is 2.60 bits per heavy atom. The molecule has 0 aliphatic carbocycles. The van der Waals surface area contributed by atoms with E-state index in [9.17, 15) is 13.2 Å². The lowest BCUT2D eigenvalue weighted by Crippen LogP contribution is -2.37. The SMILES string of the molecule is CNC(=O)CN(C)S(=O)(=O)c1cc(C(N)=S)ccc1Cl. The summed E-state index contributed by atoms with van der Waals surface area (Å²) in [7, 11) is -1.20. The summed E-state index contributed by atoms with van der Waals surface area (Å²) in [6.07, 6.45) is 0. The minimum Gasteiger partial charge on any atom is -0.389 e. The Kier molecular flexibility index (Phi) is 5.46. The Morgan fingerprint density at radius 2 is 2.10 bits per heavy atom. The number of nitrogens with zero attached hydrogens (tertiary/aromatic N) is 1. The van der Waals surface area contributed by atoms with Gasteiger partial charge in [-0.2, -0.15) is 4.31 Å². The second-order valence-corrected chi connectivity index (χ2v) is 6.80. The molecule has 0 spiro atoms. The van der Waals surface area contributed by atoms with Crippen LogP contribution in [0.25, 0.3) is 0 Å². The second kappa shape index (κ2) is 6.49. The first kappa shape index (κ1) is 16.8. The lowest BCUT2D eigenvalue weighted by Gasteiger charge is -2.17. The lowest BCUT2D eigenvalue weighted by atomic mass is 10.2. The molecule has 0 aromatic heterocycles. The van der Waals surface area contributed by atoms with Gasteiger partial charge < -0.3 is 11.1 Å². The maximum absolute atomic E-state index is 12.4. The van der Waals surface area contributed by atoms with Gasteiger partial charge in [-0.3, -0.25) is 4.79 Å². The highest BCUT2D eigenvalue weighted by atomic mass is 35.5. The fourth-order valence-corrected chi connectivity index (χ4v) is 3.14. The van der Waals surface area contributed by atoms with Crippen molar-refractivity contribution in [1.29, 1.82) is 0 Å². The van der Waals surface area contributed by atoms with Crippen LogP contribution in [0.1, 0.15) is 5.56 Å². The number of rotatable bonds is 5. The van der Waals surface area contributed by atoms with Crippen molar-refractivity contribution in [2.24, 2.45) is 5.73 Å². The van der Waals surface area contributed by atoms with E-state index < -0.39 is 15.9 Å². The highest BCUT2D eigenvalue weighted by Gasteiger charge is 2.25.